The molecule has 0 aliphatic carbocycles. The van der Waals surface area contributed by atoms with Gasteiger partial charge in [-0.15, -0.1) is 0 Å². The number of allylic oxidation sites excluding steroid dienone is 2. The lowest BCUT2D eigenvalue weighted by molar-refractivity contribution is -0.132. The van der Waals surface area contributed by atoms with E-state index in [2.05, 4.69) is 34.2 Å². The van der Waals surface area contributed by atoms with Crippen LogP contribution in [0.15, 0.2) is 38.0 Å². The number of halogens is 2. The number of carboxylic acid groups (broad SMARTS) is 1. The van der Waals surface area contributed by atoms with Crippen LogP contribution in [0.3, 0.4) is 0 Å². The highest BCUT2D eigenvalue weighted by Gasteiger charge is 2.18. The first-order chi connectivity index (χ1) is 7.04. The van der Waals surface area contributed by atoms with Gasteiger partial charge in [0.2, 0.25) is 0 Å². The SMILES string of the molecule is C=C(CC1C=C(Cl)C=N/C1=C\I)C(=O)O. The Kier molecular flexibility index (Phi) is 4.53. The molecule has 1 unspecified atom stereocenters. The first-order valence-corrected chi connectivity index (χ1v) is 5.79. The average molecular weight is 338 g/mol. The molecule has 5 heteroatoms. The van der Waals surface area contributed by atoms with Crippen molar-refractivity contribution in [3.05, 3.63) is 33.0 Å². The van der Waals surface area contributed by atoms with Gasteiger partial charge in [0.05, 0.1) is 10.7 Å². The lowest BCUT2D eigenvalue weighted by Gasteiger charge is -2.16. The number of aliphatic carboxylic acids is 1. The molecule has 3 nitrogen and oxygen atoms in total. The van der Waals surface area contributed by atoms with Gasteiger partial charge in [0.15, 0.2) is 0 Å². The first kappa shape index (κ1) is 12.4. The van der Waals surface area contributed by atoms with Crippen molar-refractivity contribution in [3.63, 3.8) is 0 Å². The van der Waals surface area contributed by atoms with Crippen molar-refractivity contribution in [2.75, 3.05) is 0 Å². The average Bonchev–Trinajstić information content (AvgIpc) is 2.18. The summed E-state index contributed by atoms with van der Waals surface area (Å²) in [5.74, 6) is -1.08. The predicted octanol–water partition coefficient (Wildman–Crippen LogP) is 3.12. The molecule has 15 heavy (non-hydrogen) atoms. The van der Waals surface area contributed by atoms with Crippen molar-refractivity contribution in [1.29, 1.82) is 0 Å². The van der Waals surface area contributed by atoms with Crippen LogP contribution in [0.5, 0.6) is 0 Å². The minimum absolute atomic E-state index is 0.0944. The normalized spacial score (nSPS) is 22.7. The van der Waals surface area contributed by atoms with Gasteiger partial charge in [0, 0.05) is 17.7 Å². The third kappa shape index (κ3) is 3.46. The zero-order valence-electron chi connectivity index (χ0n) is 7.78. The Morgan fingerprint density at radius 3 is 3.00 bits per heavy atom. The van der Waals surface area contributed by atoms with Crippen molar-refractivity contribution in [2.24, 2.45) is 10.9 Å². The second-order valence-corrected chi connectivity index (χ2v) is 4.12. The summed E-state index contributed by atoms with van der Waals surface area (Å²) in [6.45, 7) is 3.49. The van der Waals surface area contributed by atoms with Gasteiger partial charge < -0.3 is 5.11 Å². The van der Waals surface area contributed by atoms with Crippen molar-refractivity contribution >= 4 is 46.4 Å². The molecular weight excluding hydrogens is 328 g/mol. The second kappa shape index (κ2) is 5.46. The van der Waals surface area contributed by atoms with Crippen LogP contribution in [-0.2, 0) is 4.79 Å². The molecule has 0 amide bonds. The van der Waals surface area contributed by atoms with E-state index in [9.17, 15) is 4.79 Å². The molecule has 0 bridgehead atoms. The van der Waals surface area contributed by atoms with Crippen molar-refractivity contribution in [1.82, 2.24) is 0 Å². The summed E-state index contributed by atoms with van der Waals surface area (Å²) in [5, 5.41) is 9.25. The van der Waals surface area contributed by atoms with Crippen LogP contribution >= 0.6 is 34.2 Å². The molecular formula is C10H9ClINO2. The maximum absolute atomic E-state index is 10.6. The van der Waals surface area contributed by atoms with Crippen LogP contribution in [0.25, 0.3) is 0 Å². The predicted molar refractivity (Wildman–Crippen MR) is 69.4 cm³/mol. The number of carboxylic acids is 1. The van der Waals surface area contributed by atoms with Gasteiger partial charge in [-0.2, -0.15) is 0 Å². The Balaban J connectivity index is 2.80. The van der Waals surface area contributed by atoms with E-state index in [0.29, 0.717) is 11.5 Å². The molecule has 0 fully saturated rings. The van der Waals surface area contributed by atoms with E-state index in [1.165, 1.54) is 0 Å². The van der Waals surface area contributed by atoms with Gasteiger partial charge in [-0.3, -0.25) is 4.99 Å². The quantitative estimate of drug-likeness (QED) is 0.635. The fourth-order valence-corrected chi connectivity index (χ4v) is 2.00. The number of aliphatic imine (C=N–C) groups is 1. The Hall–Kier alpha value is -0.620. The summed E-state index contributed by atoms with van der Waals surface area (Å²) in [6.07, 6.45) is 3.66. The fourth-order valence-electron chi connectivity index (χ4n) is 1.18. The van der Waals surface area contributed by atoms with E-state index >= 15 is 0 Å². The molecule has 1 atom stereocenters. The molecule has 1 rings (SSSR count). The van der Waals surface area contributed by atoms with Crippen LogP contribution in [0, 0.1) is 5.92 Å². The van der Waals surface area contributed by atoms with Gasteiger partial charge in [-0.05, 0) is 10.5 Å². The standard InChI is InChI=1S/C10H9ClINO2/c1-6(10(14)15)2-7-3-8(11)5-13-9(7)4-12/h3-5,7H,1-2H2,(H,14,15)/b9-4-. The number of hydrogen-bond acceptors (Lipinski definition) is 2. The number of dihydropyridines is 1. The Morgan fingerprint density at radius 2 is 2.47 bits per heavy atom. The molecule has 0 saturated heterocycles. The minimum atomic E-state index is -0.984. The van der Waals surface area contributed by atoms with E-state index in [1.54, 1.807) is 12.3 Å². The molecule has 1 heterocycles. The highest BCUT2D eigenvalue weighted by Crippen LogP contribution is 2.28. The Morgan fingerprint density at radius 1 is 1.80 bits per heavy atom. The van der Waals surface area contributed by atoms with E-state index in [1.807, 2.05) is 4.08 Å². The van der Waals surface area contributed by atoms with Gasteiger partial charge in [0.1, 0.15) is 0 Å². The molecule has 0 radical (unpaired) electrons. The largest absolute Gasteiger partial charge is 0.478 e. The third-order valence-corrected chi connectivity index (χ3v) is 2.82. The Labute approximate surface area is 106 Å². The van der Waals surface area contributed by atoms with E-state index in [0.717, 1.165) is 5.70 Å². The molecule has 1 aliphatic heterocycles. The Bertz CT molecular complexity index is 385. The van der Waals surface area contributed by atoms with Crippen molar-refractivity contribution < 1.29 is 9.90 Å². The maximum Gasteiger partial charge on any atom is 0.330 e. The molecule has 1 N–H and O–H groups in total. The lowest BCUT2D eigenvalue weighted by Crippen LogP contribution is -2.09. The van der Waals surface area contributed by atoms with Crippen LogP contribution in [0.2, 0.25) is 0 Å². The molecule has 0 saturated carbocycles. The summed E-state index contributed by atoms with van der Waals surface area (Å²) in [5.41, 5.74) is 0.968. The molecule has 1 aliphatic rings. The summed E-state index contributed by atoms with van der Waals surface area (Å²) < 4.78 is 1.81. The molecule has 80 valence electrons. The van der Waals surface area contributed by atoms with E-state index < -0.39 is 5.97 Å². The van der Waals surface area contributed by atoms with Crippen molar-refractivity contribution in [3.8, 4) is 0 Å². The zero-order chi connectivity index (χ0) is 11.4. The first-order valence-electron chi connectivity index (χ1n) is 4.17. The molecule has 0 aromatic rings. The van der Waals surface area contributed by atoms with E-state index in [-0.39, 0.29) is 11.5 Å². The van der Waals surface area contributed by atoms with E-state index in [4.69, 9.17) is 16.7 Å². The fraction of sp³-hybridized carbons (Fsp3) is 0.200. The topological polar surface area (TPSA) is 49.7 Å². The third-order valence-electron chi connectivity index (χ3n) is 1.96. The number of carbonyl (C=O) groups is 1. The summed E-state index contributed by atoms with van der Waals surface area (Å²) in [4.78, 5) is 14.8. The van der Waals surface area contributed by atoms with Crippen LogP contribution in [0.4, 0.5) is 0 Å². The lowest BCUT2D eigenvalue weighted by atomic mass is 9.96. The summed E-state index contributed by atoms with van der Waals surface area (Å²) in [6, 6.07) is 0. The maximum atomic E-state index is 10.6. The van der Waals surface area contributed by atoms with Gasteiger partial charge >= 0.3 is 5.97 Å². The van der Waals surface area contributed by atoms with Crippen LogP contribution < -0.4 is 0 Å². The number of nitrogens with zero attached hydrogens (tertiary/aromatic N) is 1. The smallest absolute Gasteiger partial charge is 0.330 e. The molecule has 0 aromatic carbocycles. The summed E-state index contributed by atoms with van der Waals surface area (Å²) >= 11 is 7.87. The highest BCUT2D eigenvalue weighted by molar-refractivity contribution is 14.1. The van der Waals surface area contributed by atoms with Gasteiger partial charge in [-0.25, -0.2) is 4.79 Å². The summed E-state index contributed by atoms with van der Waals surface area (Å²) in [7, 11) is 0. The van der Waals surface area contributed by atoms with Crippen LogP contribution in [0.1, 0.15) is 6.42 Å². The van der Waals surface area contributed by atoms with Crippen molar-refractivity contribution in [2.45, 2.75) is 6.42 Å². The van der Waals surface area contributed by atoms with Gasteiger partial charge in [0.25, 0.3) is 0 Å². The molecule has 0 aromatic heterocycles. The minimum Gasteiger partial charge on any atom is -0.478 e. The highest BCUT2D eigenvalue weighted by atomic mass is 127. The zero-order valence-corrected chi connectivity index (χ0v) is 10.7. The number of rotatable bonds is 3. The molecule has 0 spiro atoms. The second-order valence-electron chi connectivity index (χ2n) is 3.06. The monoisotopic (exact) mass is 337 g/mol. The van der Waals surface area contributed by atoms with Gasteiger partial charge in [-0.1, -0.05) is 46.8 Å². The number of hydrogen-bond donors (Lipinski definition) is 1. The van der Waals surface area contributed by atoms with Crippen LogP contribution in [-0.4, -0.2) is 17.3 Å².